The van der Waals surface area contributed by atoms with Gasteiger partial charge in [-0.1, -0.05) is 12.2 Å². The van der Waals surface area contributed by atoms with E-state index in [9.17, 15) is 0 Å². The zero-order valence-corrected chi connectivity index (χ0v) is 13.4. The Morgan fingerprint density at radius 2 is 2.08 bits per heavy atom. The predicted molar refractivity (Wildman–Crippen MR) is 83.7 cm³/mol. The maximum absolute atomic E-state index is 9.03. The van der Waals surface area contributed by atoms with E-state index in [2.05, 4.69) is 15.0 Å². The summed E-state index contributed by atoms with van der Waals surface area (Å²) in [6.45, 7) is 3.66. The molecule has 0 aliphatic carbocycles. The topological polar surface area (TPSA) is 118 Å². The van der Waals surface area contributed by atoms with E-state index in [0.29, 0.717) is 17.0 Å². The number of rotatable bonds is 3. The lowest BCUT2D eigenvalue weighted by molar-refractivity contribution is -0.191. The smallest absolute Gasteiger partial charge is 0.167 e. The maximum Gasteiger partial charge on any atom is 0.167 e. The van der Waals surface area contributed by atoms with Gasteiger partial charge in [-0.2, -0.15) is 0 Å². The number of aromatic nitrogens is 4. The second kappa shape index (κ2) is 5.49. The molecule has 1 unspecified atom stereocenters. The van der Waals surface area contributed by atoms with Crippen LogP contribution in [0.5, 0.6) is 0 Å². The molecule has 0 saturated carbocycles. The van der Waals surface area contributed by atoms with Crippen LogP contribution in [0.1, 0.15) is 20.1 Å². The van der Waals surface area contributed by atoms with Crippen LogP contribution in [-0.2, 0) is 14.2 Å². The van der Waals surface area contributed by atoms with Gasteiger partial charge in [-0.05, 0) is 13.8 Å². The average molecular weight is 333 g/mol. The minimum atomic E-state index is -0.715. The van der Waals surface area contributed by atoms with Crippen molar-refractivity contribution in [1.82, 2.24) is 19.5 Å². The molecule has 24 heavy (non-hydrogen) atoms. The fourth-order valence-electron chi connectivity index (χ4n) is 3.24. The second-order valence-electron chi connectivity index (χ2n) is 6.25. The monoisotopic (exact) mass is 333 g/mol. The van der Waals surface area contributed by atoms with Crippen LogP contribution < -0.4 is 5.73 Å². The number of hydrogen-bond acceptors (Lipinski definition) is 8. The number of anilines is 1. The molecule has 0 amide bonds. The summed E-state index contributed by atoms with van der Waals surface area (Å²) < 4.78 is 19.9. The van der Waals surface area contributed by atoms with Crippen LogP contribution >= 0.6 is 0 Å². The average Bonchev–Trinajstić information content (AvgIpc) is 3.17. The highest BCUT2D eigenvalue weighted by molar-refractivity contribution is 5.81. The minimum Gasteiger partial charge on any atom is -0.392 e. The first kappa shape index (κ1) is 15.5. The van der Waals surface area contributed by atoms with Crippen molar-refractivity contribution in [3.63, 3.8) is 0 Å². The van der Waals surface area contributed by atoms with Gasteiger partial charge in [-0.25, -0.2) is 15.0 Å². The summed E-state index contributed by atoms with van der Waals surface area (Å²) in [5.74, 6) is -0.401. The van der Waals surface area contributed by atoms with E-state index in [0.717, 1.165) is 0 Å². The molecule has 4 atom stereocenters. The molecule has 128 valence electrons. The Bertz CT molecular complexity index is 789. The minimum absolute atomic E-state index is 0.0655. The summed E-state index contributed by atoms with van der Waals surface area (Å²) in [6.07, 6.45) is 4.99. The highest BCUT2D eigenvalue weighted by atomic mass is 16.8. The molecule has 3 N–H and O–H groups in total. The van der Waals surface area contributed by atoms with Gasteiger partial charge in [0.2, 0.25) is 0 Å². The number of nitrogens with two attached hydrogens (primary N) is 1. The van der Waals surface area contributed by atoms with E-state index in [-0.39, 0.29) is 24.9 Å². The summed E-state index contributed by atoms with van der Waals surface area (Å²) in [5, 5.41) is 9.03. The largest absolute Gasteiger partial charge is 0.392 e. The molecule has 2 fully saturated rings. The van der Waals surface area contributed by atoms with E-state index in [1.165, 1.54) is 6.33 Å². The van der Waals surface area contributed by atoms with Gasteiger partial charge >= 0.3 is 0 Å². The molecule has 2 aromatic heterocycles. The number of ether oxygens (including phenoxy) is 3. The van der Waals surface area contributed by atoms with Gasteiger partial charge in [0.05, 0.1) is 12.9 Å². The number of fused-ring (bicyclic) bond motifs is 2. The van der Waals surface area contributed by atoms with Crippen LogP contribution in [-0.4, -0.2) is 55.3 Å². The quantitative estimate of drug-likeness (QED) is 0.774. The zero-order valence-electron chi connectivity index (χ0n) is 13.4. The molecule has 9 heteroatoms. The van der Waals surface area contributed by atoms with Gasteiger partial charge < -0.3 is 25.1 Å². The summed E-state index contributed by atoms with van der Waals surface area (Å²) in [7, 11) is 0. The van der Waals surface area contributed by atoms with E-state index in [1.807, 2.05) is 13.8 Å². The van der Waals surface area contributed by atoms with E-state index in [4.69, 9.17) is 25.1 Å². The molecular weight excluding hydrogens is 314 g/mol. The van der Waals surface area contributed by atoms with Crippen molar-refractivity contribution in [1.29, 1.82) is 0 Å². The van der Waals surface area contributed by atoms with Gasteiger partial charge in [0.15, 0.2) is 23.5 Å². The number of aliphatic hydroxyl groups is 1. The Morgan fingerprint density at radius 1 is 1.29 bits per heavy atom. The molecule has 2 aliphatic heterocycles. The molecule has 2 aromatic rings. The lowest BCUT2D eigenvalue weighted by atomic mass is 10.1. The van der Waals surface area contributed by atoms with Crippen molar-refractivity contribution >= 4 is 17.0 Å². The van der Waals surface area contributed by atoms with Crippen molar-refractivity contribution in [2.24, 2.45) is 0 Å². The third kappa shape index (κ3) is 2.37. The molecular formula is C15H19N5O4. The fourth-order valence-corrected chi connectivity index (χ4v) is 3.24. The Labute approximate surface area is 138 Å². The Balaban J connectivity index is 1.74. The lowest BCUT2D eigenvalue weighted by Gasteiger charge is -2.24. The first-order chi connectivity index (χ1) is 11.5. The van der Waals surface area contributed by atoms with E-state index < -0.39 is 12.0 Å². The van der Waals surface area contributed by atoms with Crippen molar-refractivity contribution in [3.8, 4) is 0 Å². The zero-order chi connectivity index (χ0) is 16.9. The molecule has 4 rings (SSSR count). The Kier molecular flexibility index (Phi) is 3.53. The van der Waals surface area contributed by atoms with Crippen LogP contribution in [0, 0.1) is 0 Å². The Hall–Kier alpha value is -2.07. The SMILES string of the molecule is CC1(C)O[C@@H]2[C@@H](/C=C/CO)OC(n3cnc4c(N)ncnc43)[C@@H]2O1. The molecule has 2 saturated heterocycles. The van der Waals surface area contributed by atoms with Gasteiger partial charge in [-0.3, -0.25) is 4.57 Å². The summed E-state index contributed by atoms with van der Waals surface area (Å²) in [6, 6.07) is 0. The third-order valence-electron chi connectivity index (χ3n) is 4.16. The highest BCUT2D eigenvalue weighted by Crippen LogP contribution is 2.44. The van der Waals surface area contributed by atoms with Crippen LogP contribution in [0.25, 0.3) is 11.2 Å². The van der Waals surface area contributed by atoms with E-state index >= 15 is 0 Å². The summed E-state index contributed by atoms with van der Waals surface area (Å²) in [4.78, 5) is 12.5. The standard InChI is InChI=1S/C15H19N5O4/c1-15(2)23-10-8(4-3-5-21)22-14(11(10)24-15)20-7-19-9-12(16)17-6-18-13(9)20/h3-4,6-8,10-11,14,21H,5H2,1-2H3,(H2,16,17,18)/b4-3+/t8-,10-,11-,14?/m1/s1. The molecule has 2 aliphatic rings. The first-order valence-electron chi connectivity index (χ1n) is 7.72. The summed E-state index contributed by atoms with van der Waals surface area (Å²) in [5.41, 5.74) is 6.94. The second-order valence-corrected chi connectivity index (χ2v) is 6.25. The van der Waals surface area contributed by atoms with Crippen LogP contribution in [0.4, 0.5) is 5.82 Å². The number of nitrogen functional groups attached to an aromatic ring is 1. The number of imidazole rings is 1. The van der Waals surface area contributed by atoms with Crippen LogP contribution in [0.15, 0.2) is 24.8 Å². The van der Waals surface area contributed by atoms with Crippen LogP contribution in [0.3, 0.4) is 0 Å². The predicted octanol–water partition coefficient (Wildman–Crippen LogP) is 0.374. The molecule has 0 radical (unpaired) electrons. The number of nitrogens with zero attached hydrogens (tertiary/aromatic N) is 4. The summed E-state index contributed by atoms with van der Waals surface area (Å²) >= 11 is 0. The van der Waals surface area contributed by atoms with Crippen molar-refractivity contribution < 1.29 is 19.3 Å². The first-order valence-corrected chi connectivity index (χ1v) is 7.72. The normalized spacial score (nSPS) is 32.0. The molecule has 0 spiro atoms. The van der Waals surface area contributed by atoms with Crippen molar-refractivity contribution in [2.45, 2.75) is 44.2 Å². The van der Waals surface area contributed by atoms with Gasteiger partial charge in [0, 0.05) is 0 Å². The molecule has 4 heterocycles. The van der Waals surface area contributed by atoms with Gasteiger partial charge in [0.25, 0.3) is 0 Å². The highest BCUT2D eigenvalue weighted by Gasteiger charge is 2.55. The molecule has 0 aromatic carbocycles. The lowest BCUT2D eigenvalue weighted by Crippen LogP contribution is -2.28. The van der Waals surface area contributed by atoms with Gasteiger partial charge in [-0.15, -0.1) is 0 Å². The molecule has 9 nitrogen and oxygen atoms in total. The van der Waals surface area contributed by atoms with Crippen LogP contribution in [0.2, 0.25) is 0 Å². The Morgan fingerprint density at radius 3 is 2.88 bits per heavy atom. The maximum atomic E-state index is 9.03. The molecule has 0 bridgehead atoms. The van der Waals surface area contributed by atoms with Crippen molar-refractivity contribution in [3.05, 3.63) is 24.8 Å². The fraction of sp³-hybridized carbons (Fsp3) is 0.533. The number of hydrogen-bond donors (Lipinski definition) is 2. The number of aliphatic hydroxyl groups excluding tert-OH is 1. The van der Waals surface area contributed by atoms with Crippen molar-refractivity contribution in [2.75, 3.05) is 12.3 Å². The van der Waals surface area contributed by atoms with E-state index in [1.54, 1.807) is 23.0 Å². The third-order valence-corrected chi connectivity index (χ3v) is 4.16. The van der Waals surface area contributed by atoms with Gasteiger partial charge in [0.1, 0.15) is 30.2 Å².